The van der Waals surface area contributed by atoms with Crippen molar-refractivity contribution in [3.8, 4) is 5.75 Å². The number of ether oxygens (including phenoxy) is 1. The fraction of sp³-hybridized carbons (Fsp3) is 0.400. The third-order valence-electron chi connectivity index (χ3n) is 3.82. The van der Waals surface area contributed by atoms with Crippen LogP contribution in [0.2, 0.25) is 0 Å². The molecule has 2 rings (SSSR count). The van der Waals surface area contributed by atoms with E-state index in [-0.39, 0.29) is 0 Å². The summed E-state index contributed by atoms with van der Waals surface area (Å²) in [5.74, 6) is 1.67. The van der Waals surface area contributed by atoms with Crippen LogP contribution in [0.3, 0.4) is 0 Å². The highest BCUT2D eigenvalue weighted by atomic mass is 16.5. The molecule has 0 saturated heterocycles. The van der Waals surface area contributed by atoms with Crippen molar-refractivity contribution >= 4 is 0 Å². The Hall–Kier alpha value is -1.80. The number of nitrogens with one attached hydrogen (secondary N) is 1. The molecule has 118 valence electrons. The van der Waals surface area contributed by atoms with Crippen LogP contribution in [0.4, 0.5) is 0 Å². The normalized spacial score (nSPS) is 10.9. The van der Waals surface area contributed by atoms with E-state index in [1.165, 1.54) is 16.7 Å². The first kappa shape index (κ1) is 16.6. The van der Waals surface area contributed by atoms with Crippen LogP contribution in [0.1, 0.15) is 37.0 Å². The molecule has 2 heteroatoms. The van der Waals surface area contributed by atoms with E-state index in [4.69, 9.17) is 4.74 Å². The van der Waals surface area contributed by atoms with Crippen molar-refractivity contribution in [1.29, 1.82) is 0 Å². The fourth-order valence-corrected chi connectivity index (χ4v) is 2.34. The first-order valence-corrected chi connectivity index (χ1v) is 8.12. The lowest BCUT2D eigenvalue weighted by molar-refractivity contribution is 0.286. The second kappa shape index (κ2) is 8.60. The van der Waals surface area contributed by atoms with Gasteiger partial charge in [0.2, 0.25) is 0 Å². The van der Waals surface area contributed by atoms with E-state index in [2.05, 4.69) is 68.6 Å². The molecule has 0 aliphatic carbocycles. The average molecular weight is 297 g/mol. The maximum absolute atomic E-state index is 5.93. The molecular formula is C20H27NO. The van der Waals surface area contributed by atoms with Gasteiger partial charge in [-0.3, -0.25) is 0 Å². The molecule has 0 aliphatic heterocycles. The maximum atomic E-state index is 5.93. The molecule has 0 fully saturated rings. The number of aryl methyl sites for hydroxylation is 1. The smallest absolute Gasteiger partial charge is 0.123 e. The SMILES string of the molecule is Cc1ccccc1CNCc1ccccc1OCCC(C)C. The van der Waals surface area contributed by atoms with Crippen LogP contribution in [-0.2, 0) is 13.1 Å². The van der Waals surface area contributed by atoms with E-state index in [0.717, 1.165) is 31.9 Å². The lowest BCUT2D eigenvalue weighted by Gasteiger charge is -2.13. The molecule has 0 amide bonds. The van der Waals surface area contributed by atoms with Crippen molar-refractivity contribution in [3.05, 3.63) is 65.2 Å². The highest BCUT2D eigenvalue weighted by Gasteiger charge is 2.04. The van der Waals surface area contributed by atoms with Crippen molar-refractivity contribution in [2.45, 2.75) is 40.3 Å². The third-order valence-corrected chi connectivity index (χ3v) is 3.82. The molecule has 2 aromatic rings. The summed E-state index contributed by atoms with van der Waals surface area (Å²) in [5, 5.41) is 3.52. The number of hydrogen-bond donors (Lipinski definition) is 1. The van der Waals surface area contributed by atoms with Crippen molar-refractivity contribution < 1.29 is 4.74 Å². The van der Waals surface area contributed by atoms with Gasteiger partial charge in [0.15, 0.2) is 0 Å². The molecule has 2 nitrogen and oxygen atoms in total. The van der Waals surface area contributed by atoms with Crippen molar-refractivity contribution in [3.63, 3.8) is 0 Å². The molecular weight excluding hydrogens is 270 g/mol. The predicted molar refractivity (Wildman–Crippen MR) is 93.1 cm³/mol. The van der Waals surface area contributed by atoms with E-state index in [9.17, 15) is 0 Å². The Morgan fingerprint density at radius 2 is 1.55 bits per heavy atom. The molecule has 0 aromatic heterocycles. The molecule has 0 bridgehead atoms. The average Bonchev–Trinajstić information content (AvgIpc) is 2.50. The van der Waals surface area contributed by atoms with Crippen LogP contribution in [-0.4, -0.2) is 6.61 Å². The summed E-state index contributed by atoms with van der Waals surface area (Å²) in [6.45, 7) is 9.09. The molecule has 0 spiro atoms. The lowest BCUT2D eigenvalue weighted by atomic mass is 10.1. The van der Waals surface area contributed by atoms with Gasteiger partial charge >= 0.3 is 0 Å². The van der Waals surface area contributed by atoms with E-state index >= 15 is 0 Å². The summed E-state index contributed by atoms with van der Waals surface area (Å²) in [4.78, 5) is 0. The van der Waals surface area contributed by atoms with Gasteiger partial charge in [-0.2, -0.15) is 0 Å². The van der Waals surface area contributed by atoms with Crippen LogP contribution in [0.5, 0.6) is 5.75 Å². The molecule has 0 atom stereocenters. The van der Waals surface area contributed by atoms with E-state index < -0.39 is 0 Å². The van der Waals surface area contributed by atoms with E-state index in [1.807, 2.05) is 6.07 Å². The highest BCUT2D eigenvalue weighted by Crippen LogP contribution is 2.19. The van der Waals surface area contributed by atoms with Gasteiger partial charge in [0.1, 0.15) is 5.75 Å². The minimum atomic E-state index is 0.673. The van der Waals surface area contributed by atoms with Gasteiger partial charge < -0.3 is 10.1 Å². The van der Waals surface area contributed by atoms with Crippen LogP contribution in [0.15, 0.2) is 48.5 Å². The zero-order chi connectivity index (χ0) is 15.8. The van der Waals surface area contributed by atoms with Crippen molar-refractivity contribution in [2.75, 3.05) is 6.61 Å². The van der Waals surface area contributed by atoms with Gasteiger partial charge in [-0.1, -0.05) is 56.3 Å². The van der Waals surface area contributed by atoms with Gasteiger partial charge in [0.25, 0.3) is 0 Å². The standard InChI is InChI=1S/C20H27NO/c1-16(2)12-13-22-20-11-7-6-10-19(20)15-21-14-18-9-5-4-8-17(18)3/h4-11,16,21H,12-15H2,1-3H3. The fourth-order valence-electron chi connectivity index (χ4n) is 2.34. The molecule has 2 aromatic carbocycles. The first-order chi connectivity index (χ1) is 10.7. The van der Waals surface area contributed by atoms with Crippen LogP contribution in [0.25, 0.3) is 0 Å². The lowest BCUT2D eigenvalue weighted by Crippen LogP contribution is -2.14. The summed E-state index contributed by atoms with van der Waals surface area (Å²) in [7, 11) is 0. The minimum Gasteiger partial charge on any atom is -0.493 e. The number of rotatable bonds is 8. The van der Waals surface area contributed by atoms with Gasteiger partial charge in [-0.15, -0.1) is 0 Å². The third kappa shape index (κ3) is 5.19. The summed E-state index contributed by atoms with van der Waals surface area (Å²) < 4.78 is 5.93. The number of benzene rings is 2. The van der Waals surface area contributed by atoms with Crippen molar-refractivity contribution in [2.24, 2.45) is 5.92 Å². The summed E-state index contributed by atoms with van der Waals surface area (Å²) in [5.41, 5.74) is 3.90. The monoisotopic (exact) mass is 297 g/mol. The van der Waals surface area contributed by atoms with Gasteiger partial charge in [0, 0.05) is 18.7 Å². The summed E-state index contributed by atoms with van der Waals surface area (Å²) in [6.07, 6.45) is 1.09. The molecule has 1 N–H and O–H groups in total. The second-order valence-electron chi connectivity index (χ2n) is 6.17. The molecule has 0 radical (unpaired) electrons. The summed E-state index contributed by atoms with van der Waals surface area (Å²) in [6, 6.07) is 16.8. The van der Waals surface area contributed by atoms with Crippen LogP contribution >= 0.6 is 0 Å². The Morgan fingerprint density at radius 1 is 0.909 bits per heavy atom. The molecule has 0 heterocycles. The molecule has 0 aliphatic rings. The minimum absolute atomic E-state index is 0.673. The van der Waals surface area contributed by atoms with Crippen molar-refractivity contribution in [1.82, 2.24) is 5.32 Å². The summed E-state index contributed by atoms with van der Waals surface area (Å²) >= 11 is 0. The van der Waals surface area contributed by atoms with E-state index in [1.54, 1.807) is 0 Å². The second-order valence-corrected chi connectivity index (χ2v) is 6.17. The molecule has 0 unspecified atom stereocenters. The van der Waals surface area contributed by atoms with Crippen LogP contribution < -0.4 is 10.1 Å². The van der Waals surface area contributed by atoms with Crippen LogP contribution in [0, 0.1) is 12.8 Å². The molecule has 0 saturated carbocycles. The quantitative estimate of drug-likeness (QED) is 0.762. The first-order valence-electron chi connectivity index (χ1n) is 8.12. The zero-order valence-corrected chi connectivity index (χ0v) is 13.9. The Bertz CT molecular complexity index is 577. The zero-order valence-electron chi connectivity index (χ0n) is 13.9. The Kier molecular flexibility index (Phi) is 6.47. The van der Waals surface area contributed by atoms with Gasteiger partial charge in [-0.05, 0) is 36.5 Å². The van der Waals surface area contributed by atoms with E-state index in [0.29, 0.717) is 5.92 Å². The Labute approximate surface area is 134 Å². The number of para-hydroxylation sites is 1. The Balaban J connectivity index is 1.88. The Morgan fingerprint density at radius 3 is 2.27 bits per heavy atom. The topological polar surface area (TPSA) is 21.3 Å². The van der Waals surface area contributed by atoms with Gasteiger partial charge in [0.05, 0.1) is 6.61 Å². The molecule has 22 heavy (non-hydrogen) atoms. The number of hydrogen-bond acceptors (Lipinski definition) is 2. The highest BCUT2D eigenvalue weighted by molar-refractivity contribution is 5.33. The van der Waals surface area contributed by atoms with Gasteiger partial charge in [-0.25, -0.2) is 0 Å². The maximum Gasteiger partial charge on any atom is 0.123 e. The largest absolute Gasteiger partial charge is 0.493 e. The predicted octanol–water partition coefficient (Wildman–Crippen LogP) is 4.71.